The van der Waals surface area contributed by atoms with Crippen LogP contribution >= 0.6 is 0 Å². The highest BCUT2D eigenvalue weighted by Crippen LogP contribution is 2.30. The molecule has 1 fully saturated rings. The molecule has 6 heteroatoms. The summed E-state index contributed by atoms with van der Waals surface area (Å²) in [5.41, 5.74) is -0.413. The van der Waals surface area contributed by atoms with Gasteiger partial charge in [-0.05, 0) is 18.8 Å². The molecule has 1 atom stereocenters. The number of hydrogen-bond donors (Lipinski definition) is 2. The molecule has 3 amide bonds. The van der Waals surface area contributed by atoms with Crippen LogP contribution in [-0.2, 0) is 14.4 Å². The van der Waals surface area contributed by atoms with Crippen LogP contribution in [0.25, 0.3) is 0 Å². The predicted molar refractivity (Wildman–Crippen MR) is 89.6 cm³/mol. The van der Waals surface area contributed by atoms with Crippen molar-refractivity contribution in [1.29, 1.82) is 0 Å². The van der Waals surface area contributed by atoms with Crippen LogP contribution in [0, 0.1) is 17.3 Å². The van der Waals surface area contributed by atoms with Crippen LogP contribution in [-0.4, -0.2) is 48.8 Å². The van der Waals surface area contributed by atoms with E-state index in [9.17, 15) is 14.4 Å². The molecule has 0 spiro atoms. The number of rotatable bonds is 6. The van der Waals surface area contributed by atoms with Crippen molar-refractivity contribution in [2.75, 3.05) is 26.2 Å². The zero-order valence-corrected chi connectivity index (χ0v) is 15.1. The first-order valence-electron chi connectivity index (χ1n) is 8.47. The van der Waals surface area contributed by atoms with Gasteiger partial charge < -0.3 is 15.5 Å². The Labute approximate surface area is 139 Å². The first kappa shape index (κ1) is 19.5. The smallest absolute Gasteiger partial charge is 0.228 e. The number of amides is 3. The highest BCUT2D eigenvalue weighted by Gasteiger charge is 2.37. The molecule has 0 aliphatic carbocycles. The molecule has 1 aliphatic rings. The Kier molecular flexibility index (Phi) is 7.03. The lowest BCUT2D eigenvalue weighted by molar-refractivity contribution is -0.145. The average Bonchev–Trinajstić information content (AvgIpc) is 2.50. The Bertz CT molecular complexity index is 446. The SMILES string of the molecule is CC(=O)NCCNC(=O)C1CCCN(C(=O)C(C)(C)C(C)C)C1. The van der Waals surface area contributed by atoms with Crippen LogP contribution in [0.5, 0.6) is 0 Å². The van der Waals surface area contributed by atoms with E-state index in [0.29, 0.717) is 19.6 Å². The van der Waals surface area contributed by atoms with Crippen molar-refractivity contribution < 1.29 is 14.4 Å². The Morgan fingerprint density at radius 1 is 1.17 bits per heavy atom. The predicted octanol–water partition coefficient (Wildman–Crippen LogP) is 1.16. The maximum Gasteiger partial charge on any atom is 0.228 e. The molecule has 6 nitrogen and oxygen atoms in total. The van der Waals surface area contributed by atoms with Gasteiger partial charge in [-0.2, -0.15) is 0 Å². The molecule has 0 aromatic heterocycles. The minimum Gasteiger partial charge on any atom is -0.355 e. The first-order chi connectivity index (χ1) is 10.7. The van der Waals surface area contributed by atoms with E-state index in [1.165, 1.54) is 6.92 Å². The monoisotopic (exact) mass is 325 g/mol. The van der Waals surface area contributed by atoms with Crippen molar-refractivity contribution >= 4 is 17.7 Å². The Morgan fingerprint density at radius 2 is 1.78 bits per heavy atom. The molecule has 0 aromatic carbocycles. The molecule has 1 rings (SSSR count). The first-order valence-corrected chi connectivity index (χ1v) is 8.47. The van der Waals surface area contributed by atoms with Gasteiger partial charge in [0.2, 0.25) is 17.7 Å². The molecule has 132 valence electrons. The fourth-order valence-electron chi connectivity index (χ4n) is 2.60. The summed E-state index contributed by atoms with van der Waals surface area (Å²) in [5.74, 6) is 0.0814. The number of nitrogens with zero attached hydrogens (tertiary/aromatic N) is 1. The summed E-state index contributed by atoms with van der Waals surface area (Å²) in [6.07, 6.45) is 1.65. The van der Waals surface area contributed by atoms with Crippen LogP contribution in [0.2, 0.25) is 0 Å². The molecule has 1 saturated heterocycles. The van der Waals surface area contributed by atoms with Crippen molar-refractivity contribution in [2.45, 2.75) is 47.5 Å². The Balaban J connectivity index is 2.52. The Morgan fingerprint density at radius 3 is 2.35 bits per heavy atom. The summed E-state index contributed by atoms with van der Waals surface area (Å²) in [6, 6.07) is 0. The lowest BCUT2D eigenvalue weighted by Crippen LogP contribution is -2.50. The number of hydrogen-bond acceptors (Lipinski definition) is 3. The van der Waals surface area contributed by atoms with Crippen LogP contribution in [0.4, 0.5) is 0 Å². The van der Waals surface area contributed by atoms with E-state index < -0.39 is 5.41 Å². The average molecular weight is 325 g/mol. The minimum absolute atomic E-state index is 0.0322. The van der Waals surface area contributed by atoms with Crippen LogP contribution in [0.1, 0.15) is 47.5 Å². The highest BCUT2D eigenvalue weighted by molar-refractivity contribution is 5.84. The second-order valence-electron chi connectivity index (χ2n) is 7.24. The zero-order chi connectivity index (χ0) is 17.6. The van der Waals surface area contributed by atoms with Crippen molar-refractivity contribution in [3.63, 3.8) is 0 Å². The minimum atomic E-state index is -0.413. The lowest BCUT2D eigenvalue weighted by atomic mass is 9.79. The fraction of sp³-hybridized carbons (Fsp3) is 0.824. The van der Waals surface area contributed by atoms with Gasteiger partial charge in [-0.15, -0.1) is 0 Å². The zero-order valence-electron chi connectivity index (χ0n) is 15.1. The van der Waals surface area contributed by atoms with E-state index in [1.54, 1.807) is 0 Å². The van der Waals surface area contributed by atoms with Gasteiger partial charge in [-0.3, -0.25) is 14.4 Å². The summed E-state index contributed by atoms with van der Waals surface area (Å²) in [5, 5.41) is 5.48. The Hall–Kier alpha value is -1.59. The number of nitrogens with one attached hydrogen (secondary N) is 2. The van der Waals surface area contributed by atoms with Gasteiger partial charge in [0.1, 0.15) is 0 Å². The number of carbonyl (C=O) groups excluding carboxylic acids is 3. The summed E-state index contributed by atoms with van der Waals surface area (Å²) < 4.78 is 0. The largest absolute Gasteiger partial charge is 0.355 e. The second kappa shape index (κ2) is 8.31. The third kappa shape index (κ3) is 5.52. The molecule has 1 heterocycles. The molecule has 0 aromatic rings. The lowest BCUT2D eigenvalue weighted by Gasteiger charge is -2.38. The van der Waals surface area contributed by atoms with Gasteiger partial charge in [0.15, 0.2) is 0 Å². The quantitative estimate of drug-likeness (QED) is 0.719. The van der Waals surface area contributed by atoms with Gasteiger partial charge in [-0.25, -0.2) is 0 Å². The van der Waals surface area contributed by atoms with E-state index in [1.807, 2.05) is 32.6 Å². The number of carbonyl (C=O) groups is 3. The van der Waals surface area contributed by atoms with E-state index in [4.69, 9.17) is 0 Å². The third-order valence-corrected chi connectivity index (χ3v) is 4.87. The molecule has 23 heavy (non-hydrogen) atoms. The second-order valence-corrected chi connectivity index (χ2v) is 7.24. The molecule has 2 N–H and O–H groups in total. The van der Waals surface area contributed by atoms with Gasteiger partial charge >= 0.3 is 0 Å². The van der Waals surface area contributed by atoms with Gasteiger partial charge in [-0.1, -0.05) is 27.7 Å². The molecule has 0 bridgehead atoms. The fourth-order valence-corrected chi connectivity index (χ4v) is 2.60. The molecule has 1 unspecified atom stereocenters. The maximum atomic E-state index is 12.7. The summed E-state index contributed by atoms with van der Waals surface area (Å²) >= 11 is 0. The van der Waals surface area contributed by atoms with E-state index in [0.717, 1.165) is 19.4 Å². The van der Waals surface area contributed by atoms with Crippen LogP contribution in [0.3, 0.4) is 0 Å². The summed E-state index contributed by atoms with van der Waals surface area (Å²) in [6.45, 7) is 11.5. The molecule has 0 radical (unpaired) electrons. The number of piperidine rings is 1. The van der Waals surface area contributed by atoms with Crippen LogP contribution in [0.15, 0.2) is 0 Å². The van der Waals surface area contributed by atoms with Crippen molar-refractivity contribution in [3.8, 4) is 0 Å². The van der Waals surface area contributed by atoms with Crippen molar-refractivity contribution in [2.24, 2.45) is 17.3 Å². The molecular weight excluding hydrogens is 294 g/mol. The molecule has 0 saturated carbocycles. The maximum absolute atomic E-state index is 12.7. The van der Waals surface area contributed by atoms with Crippen LogP contribution < -0.4 is 10.6 Å². The topological polar surface area (TPSA) is 78.5 Å². The van der Waals surface area contributed by atoms with E-state index in [-0.39, 0.29) is 29.6 Å². The normalized spacial score (nSPS) is 18.7. The third-order valence-electron chi connectivity index (χ3n) is 4.87. The summed E-state index contributed by atoms with van der Waals surface area (Å²) in [4.78, 5) is 37.6. The summed E-state index contributed by atoms with van der Waals surface area (Å²) in [7, 11) is 0. The van der Waals surface area contributed by atoms with Gasteiger partial charge in [0, 0.05) is 38.5 Å². The highest BCUT2D eigenvalue weighted by atomic mass is 16.2. The molecular formula is C17H31N3O3. The molecule has 1 aliphatic heterocycles. The van der Waals surface area contributed by atoms with E-state index in [2.05, 4.69) is 10.6 Å². The standard InChI is InChI=1S/C17H31N3O3/c1-12(2)17(4,5)16(23)20-10-6-7-14(11-20)15(22)19-9-8-18-13(3)21/h12,14H,6-11H2,1-5H3,(H,18,21)(H,19,22). The van der Waals surface area contributed by atoms with E-state index >= 15 is 0 Å². The van der Waals surface area contributed by atoms with Crippen molar-refractivity contribution in [1.82, 2.24) is 15.5 Å². The number of likely N-dealkylation sites (tertiary alicyclic amines) is 1. The van der Waals surface area contributed by atoms with Gasteiger partial charge in [0.05, 0.1) is 5.92 Å². The van der Waals surface area contributed by atoms with Crippen molar-refractivity contribution in [3.05, 3.63) is 0 Å². The van der Waals surface area contributed by atoms with Gasteiger partial charge in [0.25, 0.3) is 0 Å².